The van der Waals surface area contributed by atoms with Crippen LogP contribution in [-0.2, 0) is 0 Å². The lowest BCUT2D eigenvalue weighted by Crippen LogP contribution is -2.19. The molecule has 0 aliphatic rings. The highest BCUT2D eigenvalue weighted by atomic mass is 19.1. The van der Waals surface area contributed by atoms with Gasteiger partial charge in [-0.2, -0.15) is 0 Å². The number of hydrogen-bond acceptors (Lipinski definition) is 2. The molecule has 0 saturated heterocycles. The summed E-state index contributed by atoms with van der Waals surface area (Å²) in [6, 6.07) is 8.58. The normalized spacial score (nSPS) is 12.2. The first-order chi connectivity index (χ1) is 9.47. The van der Waals surface area contributed by atoms with Crippen molar-refractivity contribution in [2.75, 3.05) is 6.61 Å². The highest BCUT2D eigenvalue weighted by molar-refractivity contribution is 5.32. The van der Waals surface area contributed by atoms with Crippen LogP contribution < -0.4 is 10.5 Å². The lowest BCUT2D eigenvalue weighted by Gasteiger charge is -2.15. The number of benzene rings is 2. The molecule has 0 aliphatic heterocycles. The van der Waals surface area contributed by atoms with Gasteiger partial charge in [0.1, 0.15) is 12.4 Å². The SMILES string of the molecule is Cc1ccc(C(N)COc2cc(F)ccc2F)cc1C. The lowest BCUT2D eigenvalue weighted by molar-refractivity contribution is 0.276. The van der Waals surface area contributed by atoms with Crippen LogP contribution in [0.2, 0.25) is 0 Å². The third-order valence-corrected chi connectivity index (χ3v) is 3.27. The Morgan fingerprint density at radius 1 is 1.05 bits per heavy atom. The number of halogens is 2. The molecule has 0 bridgehead atoms. The average Bonchev–Trinajstić information content (AvgIpc) is 2.42. The van der Waals surface area contributed by atoms with Gasteiger partial charge in [0.15, 0.2) is 11.6 Å². The van der Waals surface area contributed by atoms with E-state index in [1.165, 1.54) is 5.56 Å². The van der Waals surface area contributed by atoms with Gasteiger partial charge in [0.05, 0.1) is 6.04 Å². The topological polar surface area (TPSA) is 35.2 Å². The van der Waals surface area contributed by atoms with E-state index in [0.717, 1.165) is 29.3 Å². The van der Waals surface area contributed by atoms with Crippen molar-refractivity contribution in [2.45, 2.75) is 19.9 Å². The van der Waals surface area contributed by atoms with Crippen LogP contribution in [0, 0.1) is 25.5 Å². The van der Waals surface area contributed by atoms with E-state index < -0.39 is 17.7 Å². The van der Waals surface area contributed by atoms with Crippen molar-refractivity contribution in [1.82, 2.24) is 0 Å². The Kier molecular flexibility index (Phi) is 4.35. The van der Waals surface area contributed by atoms with E-state index in [1.807, 2.05) is 32.0 Å². The first kappa shape index (κ1) is 14.5. The predicted molar refractivity (Wildman–Crippen MR) is 74.7 cm³/mol. The van der Waals surface area contributed by atoms with Crippen molar-refractivity contribution in [3.05, 3.63) is 64.7 Å². The predicted octanol–water partition coefficient (Wildman–Crippen LogP) is 3.66. The fraction of sp³-hybridized carbons (Fsp3) is 0.250. The van der Waals surface area contributed by atoms with E-state index in [-0.39, 0.29) is 12.4 Å². The van der Waals surface area contributed by atoms with Crippen LogP contribution in [0.5, 0.6) is 5.75 Å². The molecule has 1 atom stereocenters. The zero-order valence-corrected chi connectivity index (χ0v) is 11.5. The largest absolute Gasteiger partial charge is 0.488 e. The van der Waals surface area contributed by atoms with Crippen LogP contribution >= 0.6 is 0 Å². The van der Waals surface area contributed by atoms with Crippen LogP contribution in [0.15, 0.2) is 36.4 Å². The molecule has 20 heavy (non-hydrogen) atoms. The Hall–Kier alpha value is -1.94. The monoisotopic (exact) mass is 277 g/mol. The lowest BCUT2D eigenvalue weighted by atomic mass is 10.0. The van der Waals surface area contributed by atoms with Gasteiger partial charge in [-0.3, -0.25) is 0 Å². The Morgan fingerprint density at radius 2 is 1.80 bits per heavy atom. The molecule has 106 valence electrons. The molecule has 0 heterocycles. The molecular weight excluding hydrogens is 260 g/mol. The third-order valence-electron chi connectivity index (χ3n) is 3.27. The van der Waals surface area contributed by atoms with Crippen molar-refractivity contribution < 1.29 is 13.5 Å². The van der Waals surface area contributed by atoms with Crippen molar-refractivity contribution in [3.8, 4) is 5.75 Å². The molecule has 0 aliphatic carbocycles. The minimum Gasteiger partial charge on any atom is -0.488 e. The second kappa shape index (κ2) is 6.01. The quantitative estimate of drug-likeness (QED) is 0.925. The average molecular weight is 277 g/mol. The molecule has 0 aromatic heterocycles. The van der Waals surface area contributed by atoms with Gasteiger partial charge in [-0.15, -0.1) is 0 Å². The molecule has 4 heteroatoms. The summed E-state index contributed by atoms with van der Waals surface area (Å²) in [5, 5.41) is 0. The van der Waals surface area contributed by atoms with Crippen LogP contribution in [0.25, 0.3) is 0 Å². The van der Waals surface area contributed by atoms with Gasteiger partial charge in [-0.1, -0.05) is 18.2 Å². The van der Waals surface area contributed by atoms with Crippen molar-refractivity contribution in [1.29, 1.82) is 0 Å². The van der Waals surface area contributed by atoms with E-state index in [4.69, 9.17) is 10.5 Å². The minimum atomic E-state index is -0.598. The van der Waals surface area contributed by atoms with Gasteiger partial charge >= 0.3 is 0 Å². The molecule has 0 spiro atoms. The molecule has 2 rings (SSSR count). The first-order valence-electron chi connectivity index (χ1n) is 6.38. The number of ether oxygens (including phenoxy) is 1. The zero-order chi connectivity index (χ0) is 14.7. The second-order valence-corrected chi connectivity index (χ2v) is 4.84. The zero-order valence-electron chi connectivity index (χ0n) is 11.5. The van der Waals surface area contributed by atoms with E-state index in [2.05, 4.69) is 0 Å². The summed E-state index contributed by atoms with van der Waals surface area (Å²) in [5.74, 6) is -1.26. The van der Waals surface area contributed by atoms with Crippen molar-refractivity contribution in [2.24, 2.45) is 5.73 Å². The molecule has 0 fully saturated rings. The molecule has 2 nitrogen and oxygen atoms in total. The molecule has 1 unspecified atom stereocenters. The number of hydrogen-bond donors (Lipinski definition) is 1. The highest BCUT2D eigenvalue weighted by Crippen LogP contribution is 2.21. The van der Waals surface area contributed by atoms with E-state index in [0.29, 0.717) is 0 Å². The van der Waals surface area contributed by atoms with Crippen molar-refractivity contribution >= 4 is 0 Å². The summed E-state index contributed by atoms with van der Waals surface area (Å²) < 4.78 is 31.7. The van der Waals surface area contributed by atoms with Gasteiger partial charge in [0, 0.05) is 6.07 Å². The fourth-order valence-electron chi connectivity index (χ4n) is 1.86. The maximum Gasteiger partial charge on any atom is 0.165 e. The number of nitrogens with two attached hydrogens (primary N) is 1. The van der Waals surface area contributed by atoms with Crippen molar-refractivity contribution in [3.63, 3.8) is 0 Å². The van der Waals surface area contributed by atoms with E-state index >= 15 is 0 Å². The van der Waals surface area contributed by atoms with Gasteiger partial charge < -0.3 is 10.5 Å². The molecule has 2 aromatic rings. The molecular formula is C16H17F2NO. The van der Waals surface area contributed by atoms with Gasteiger partial charge in [-0.05, 0) is 42.7 Å². The highest BCUT2D eigenvalue weighted by Gasteiger charge is 2.10. The number of rotatable bonds is 4. The first-order valence-corrected chi connectivity index (χ1v) is 6.38. The van der Waals surface area contributed by atoms with Crippen LogP contribution in [-0.4, -0.2) is 6.61 Å². The third kappa shape index (κ3) is 3.33. The summed E-state index contributed by atoms with van der Waals surface area (Å²) in [6.45, 7) is 4.10. The summed E-state index contributed by atoms with van der Waals surface area (Å²) in [5.41, 5.74) is 9.23. The van der Waals surface area contributed by atoms with Crippen LogP contribution in [0.4, 0.5) is 8.78 Å². The summed E-state index contributed by atoms with van der Waals surface area (Å²) in [4.78, 5) is 0. The Balaban J connectivity index is 2.06. The molecule has 2 N–H and O–H groups in total. The molecule has 0 radical (unpaired) electrons. The van der Waals surface area contributed by atoms with Gasteiger partial charge in [0.25, 0.3) is 0 Å². The fourth-order valence-corrected chi connectivity index (χ4v) is 1.86. The summed E-state index contributed by atoms with van der Waals surface area (Å²) in [6.07, 6.45) is 0. The number of aryl methyl sites for hydroxylation is 2. The Labute approximate surface area is 117 Å². The smallest absolute Gasteiger partial charge is 0.165 e. The summed E-state index contributed by atoms with van der Waals surface area (Å²) >= 11 is 0. The molecule has 2 aromatic carbocycles. The minimum absolute atomic E-state index is 0.0862. The standard InChI is InChI=1S/C16H17F2NO/c1-10-3-4-12(7-11(10)2)15(19)9-20-16-8-13(17)5-6-14(16)18/h3-8,15H,9,19H2,1-2H3. The van der Waals surface area contributed by atoms with E-state index in [9.17, 15) is 8.78 Å². The van der Waals surface area contributed by atoms with Gasteiger partial charge in [0.2, 0.25) is 0 Å². The molecule has 0 amide bonds. The molecule has 0 saturated carbocycles. The second-order valence-electron chi connectivity index (χ2n) is 4.84. The van der Waals surface area contributed by atoms with Crippen LogP contribution in [0.3, 0.4) is 0 Å². The van der Waals surface area contributed by atoms with Crippen LogP contribution in [0.1, 0.15) is 22.7 Å². The van der Waals surface area contributed by atoms with E-state index in [1.54, 1.807) is 0 Å². The maximum absolute atomic E-state index is 13.4. The Morgan fingerprint density at radius 3 is 2.50 bits per heavy atom. The summed E-state index contributed by atoms with van der Waals surface area (Å²) in [7, 11) is 0. The Bertz CT molecular complexity index is 613. The van der Waals surface area contributed by atoms with Gasteiger partial charge in [-0.25, -0.2) is 8.78 Å². The maximum atomic E-state index is 13.4.